The Labute approximate surface area is 227 Å². The Balaban J connectivity index is 1.21. The van der Waals surface area contributed by atoms with Gasteiger partial charge in [-0.25, -0.2) is 4.79 Å². The minimum atomic E-state index is -1.000. The van der Waals surface area contributed by atoms with Crippen LogP contribution >= 0.6 is 0 Å². The molecule has 4 rings (SSSR count). The van der Waals surface area contributed by atoms with Gasteiger partial charge < -0.3 is 20.1 Å². The molecule has 1 aromatic carbocycles. The van der Waals surface area contributed by atoms with Crippen LogP contribution in [0.25, 0.3) is 0 Å². The van der Waals surface area contributed by atoms with Crippen LogP contribution in [0, 0.1) is 0 Å². The summed E-state index contributed by atoms with van der Waals surface area (Å²) in [6, 6.07) is 3.99. The lowest BCUT2D eigenvalue weighted by Crippen LogP contribution is -2.54. The Bertz CT molecular complexity index is 1130. The molecular weight excluding hydrogens is 506 g/mol. The Morgan fingerprint density at radius 2 is 1.90 bits per heavy atom. The van der Waals surface area contributed by atoms with E-state index >= 15 is 0 Å². The first-order chi connectivity index (χ1) is 18.5. The topological polar surface area (TPSA) is 146 Å². The first-order valence-electron chi connectivity index (χ1n) is 13.4. The zero-order chi connectivity index (χ0) is 28.2. The van der Waals surface area contributed by atoms with Crippen molar-refractivity contribution in [2.45, 2.75) is 64.1 Å². The third kappa shape index (κ3) is 7.12. The predicted molar refractivity (Wildman–Crippen MR) is 141 cm³/mol. The summed E-state index contributed by atoms with van der Waals surface area (Å²) in [6.45, 7) is 9.21. The van der Waals surface area contributed by atoms with E-state index in [0.717, 1.165) is 37.4 Å². The van der Waals surface area contributed by atoms with Crippen molar-refractivity contribution in [2.75, 3.05) is 44.7 Å². The minimum absolute atomic E-state index is 0.0374. The van der Waals surface area contributed by atoms with Gasteiger partial charge in [0, 0.05) is 37.8 Å². The number of nitrogens with one attached hydrogen (secondary N) is 3. The molecule has 12 nitrogen and oxygen atoms in total. The maximum absolute atomic E-state index is 13.2. The fourth-order valence-corrected chi connectivity index (χ4v) is 5.07. The average molecular weight is 544 g/mol. The number of imide groups is 2. The van der Waals surface area contributed by atoms with Crippen LogP contribution in [0.1, 0.15) is 67.2 Å². The minimum Gasteiger partial charge on any atom is -0.444 e. The van der Waals surface area contributed by atoms with Crippen LogP contribution in [-0.2, 0) is 19.1 Å². The van der Waals surface area contributed by atoms with Gasteiger partial charge in [-0.1, -0.05) is 6.07 Å². The number of rotatable bonds is 9. The number of fused-ring (bicyclic) bond motifs is 1. The molecule has 2 atom stereocenters. The van der Waals surface area contributed by atoms with Gasteiger partial charge in [-0.3, -0.25) is 34.3 Å². The van der Waals surface area contributed by atoms with E-state index in [2.05, 4.69) is 20.9 Å². The van der Waals surface area contributed by atoms with Crippen molar-refractivity contribution in [3.63, 3.8) is 0 Å². The smallest absolute Gasteiger partial charge is 0.407 e. The standard InChI is InChI=1S/C27H37N5O7/c1-27(2,3)39-26(37)29-17-6-5-12-31(16-17)13-15-38-14-11-28-19-8-4-7-18-22(19)25(36)32(24(18)35)20-9-10-21(33)30-23(20)34/h4,7-8,17,20,28H,5-6,9-16H2,1-3H3,(H,29,37)(H,30,33,34). The Morgan fingerprint density at radius 3 is 2.64 bits per heavy atom. The number of hydrogen-bond donors (Lipinski definition) is 3. The summed E-state index contributed by atoms with van der Waals surface area (Å²) in [5, 5.41) is 8.31. The molecule has 12 heteroatoms. The molecule has 0 saturated carbocycles. The Morgan fingerprint density at radius 1 is 1.10 bits per heavy atom. The van der Waals surface area contributed by atoms with Gasteiger partial charge in [0.25, 0.3) is 11.8 Å². The van der Waals surface area contributed by atoms with Crippen molar-refractivity contribution >= 4 is 35.4 Å². The van der Waals surface area contributed by atoms with E-state index in [4.69, 9.17) is 9.47 Å². The molecule has 2 saturated heterocycles. The number of alkyl carbamates (subject to hydrolysis) is 1. The number of anilines is 1. The number of hydrogen-bond acceptors (Lipinski definition) is 9. The summed E-state index contributed by atoms with van der Waals surface area (Å²) in [5.41, 5.74) is 0.422. The van der Waals surface area contributed by atoms with Crippen molar-refractivity contribution in [1.82, 2.24) is 20.4 Å². The van der Waals surface area contributed by atoms with Gasteiger partial charge in [-0.15, -0.1) is 0 Å². The second-order valence-electron chi connectivity index (χ2n) is 11.0. The molecule has 2 unspecified atom stereocenters. The molecule has 3 aliphatic rings. The second-order valence-corrected chi connectivity index (χ2v) is 11.0. The highest BCUT2D eigenvalue weighted by molar-refractivity contribution is 6.25. The summed E-state index contributed by atoms with van der Waals surface area (Å²) in [7, 11) is 0. The molecule has 2 fully saturated rings. The van der Waals surface area contributed by atoms with Crippen molar-refractivity contribution in [2.24, 2.45) is 0 Å². The second kappa shape index (κ2) is 12.1. The highest BCUT2D eigenvalue weighted by Gasteiger charge is 2.45. The molecule has 0 spiro atoms. The highest BCUT2D eigenvalue weighted by Crippen LogP contribution is 2.32. The van der Waals surface area contributed by atoms with Crippen LogP contribution in [0.5, 0.6) is 0 Å². The van der Waals surface area contributed by atoms with E-state index in [9.17, 15) is 24.0 Å². The molecule has 0 aliphatic carbocycles. The monoisotopic (exact) mass is 543 g/mol. The Hall–Kier alpha value is -3.51. The summed E-state index contributed by atoms with van der Waals surface area (Å²) < 4.78 is 11.1. The lowest BCUT2D eigenvalue weighted by atomic mass is 10.0. The quantitative estimate of drug-likeness (QED) is 0.311. The van der Waals surface area contributed by atoms with Crippen LogP contribution in [-0.4, -0.2) is 96.6 Å². The number of amides is 5. The van der Waals surface area contributed by atoms with Gasteiger partial charge in [0.1, 0.15) is 11.6 Å². The molecule has 212 valence electrons. The average Bonchev–Trinajstić information content (AvgIpc) is 3.11. The number of benzene rings is 1. The van der Waals surface area contributed by atoms with E-state index in [1.807, 2.05) is 20.8 Å². The molecule has 3 aliphatic heterocycles. The first-order valence-corrected chi connectivity index (χ1v) is 13.4. The van der Waals surface area contributed by atoms with Gasteiger partial charge in [-0.05, 0) is 58.7 Å². The predicted octanol–water partition coefficient (Wildman–Crippen LogP) is 1.51. The van der Waals surface area contributed by atoms with E-state index in [-0.39, 0.29) is 30.0 Å². The molecule has 1 aromatic rings. The van der Waals surface area contributed by atoms with Gasteiger partial charge in [0.2, 0.25) is 11.8 Å². The number of piperidine rings is 2. The van der Waals surface area contributed by atoms with Crippen molar-refractivity contribution in [1.29, 1.82) is 0 Å². The molecule has 0 bridgehead atoms. The van der Waals surface area contributed by atoms with Gasteiger partial charge >= 0.3 is 6.09 Å². The number of carbonyl (C=O) groups excluding carboxylic acids is 5. The van der Waals surface area contributed by atoms with Crippen LogP contribution in [0.3, 0.4) is 0 Å². The van der Waals surface area contributed by atoms with Crippen LogP contribution in [0.4, 0.5) is 10.5 Å². The fraction of sp³-hybridized carbons (Fsp3) is 0.593. The third-order valence-corrected chi connectivity index (χ3v) is 6.81. The largest absolute Gasteiger partial charge is 0.444 e. The summed E-state index contributed by atoms with van der Waals surface area (Å²) in [6.07, 6.45) is 1.67. The maximum Gasteiger partial charge on any atom is 0.407 e. The molecule has 39 heavy (non-hydrogen) atoms. The van der Waals surface area contributed by atoms with E-state index in [1.165, 1.54) is 0 Å². The first kappa shape index (κ1) is 28.5. The van der Waals surface area contributed by atoms with Gasteiger partial charge in [0.05, 0.1) is 24.3 Å². The van der Waals surface area contributed by atoms with Crippen LogP contribution < -0.4 is 16.0 Å². The van der Waals surface area contributed by atoms with Gasteiger partial charge in [-0.2, -0.15) is 0 Å². The lowest BCUT2D eigenvalue weighted by Gasteiger charge is -2.33. The Kier molecular flexibility index (Phi) is 8.86. The number of likely N-dealkylation sites (tertiary alicyclic amines) is 1. The normalized spacial score (nSPS) is 22.0. The van der Waals surface area contributed by atoms with Crippen molar-refractivity contribution < 1.29 is 33.4 Å². The highest BCUT2D eigenvalue weighted by atomic mass is 16.6. The molecule has 0 radical (unpaired) electrons. The number of carbonyl (C=O) groups is 5. The SMILES string of the molecule is CC(C)(C)OC(=O)NC1CCCN(CCOCCNc2cccc3c2C(=O)N(C2CCC(=O)NC2=O)C3=O)C1. The van der Waals surface area contributed by atoms with E-state index in [0.29, 0.717) is 25.4 Å². The lowest BCUT2D eigenvalue weighted by molar-refractivity contribution is -0.136. The summed E-state index contributed by atoms with van der Waals surface area (Å²) in [4.78, 5) is 65.1. The van der Waals surface area contributed by atoms with Crippen molar-refractivity contribution in [3.8, 4) is 0 Å². The molecule has 3 heterocycles. The zero-order valence-corrected chi connectivity index (χ0v) is 22.7. The third-order valence-electron chi connectivity index (χ3n) is 6.81. The van der Waals surface area contributed by atoms with Crippen LogP contribution in [0.15, 0.2) is 18.2 Å². The van der Waals surface area contributed by atoms with Crippen LogP contribution in [0.2, 0.25) is 0 Å². The molecule has 5 amide bonds. The maximum atomic E-state index is 13.2. The summed E-state index contributed by atoms with van der Waals surface area (Å²) in [5.74, 6) is -2.13. The fourth-order valence-electron chi connectivity index (χ4n) is 5.07. The van der Waals surface area contributed by atoms with E-state index < -0.39 is 41.4 Å². The number of nitrogens with zero attached hydrogens (tertiary/aromatic N) is 2. The molecule has 3 N–H and O–H groups in total. The molecule has 0 aromatic heterocycles. The van der Waals surface area contributed by atoms with E-state index in [1.54, 1.807) is 18.2 Å². The van der Waals surface area contributed by atoms with Gasteiger partial charge in [0.15, 0.2) is 0 Å². The van der Waals surface area contributed by atoms with Crippen molar-refractivity contribution in [3.05, 3.63) is 29.3 Å². The summed E-state index contributed by atoms with van der Waals surface area (Å²) >= 11 is 0. The molecular formula is C27H37N5O7. The number of ether oxygens (including phenoxy) is 2. The zero-order valence-electron chi connectivity index (χ0n) is 22.7.